The van der Waals surface area contributed by atoms with Crippen molar-refractivity contribution in [1.29, 1.82) is 0 Å². The molecule has 26 heavy (non-hydrogen) atoms. The third kappa shape index (κ3) is 8.33. The lowest BCUT2D eigenvalue weighted by molar-refractivity contribution is -0.124. The van der Waals surface area contributed by atoms with Crippen LogP contribution < -0.4 is 5.32 Å². The van der Waals surface area contributed by atoms with Crippen LogP contribution in [0.2, 0.25) is 0 Å². The van der Waals surface area contributed by atoms with Crippen LogP contribution in [0, 0.1) is 10.8 Å². The summed E-state index contributed by atoms with van der Waals surface area (Å²) in [5.74, 6) is 0.119. The van der Waals surface area contributed by atoms with Crippen molar-refractivity contribution in [2.75, 3.05) is 0 Å². The first-order valence-corrected chi connectivity index (χ1v) is 9.72. The highest BCUT2D eigenvalue weighted by molar-refractivity contribution is 5.77. The Balaban J connectivity index is 2.67. The number of amides is 1. The van der Waals surface area contributed by atoms with Crippen molar-refractivity contribution >= 4 is 5.91 Å². The molecule has 1 heterocycles. The van der Waals surface area contributed by atoms with Crippen LogP contribution in [-0.4, -0.2) is 26.4 Å². The minimum Gasteiger partial charge on any atom is -0.351 e. The van der Waals surface area contributed by atoms with Gasteiger partial charge in [-0.1, -0.05) is 39.8 Å². The minimum absolute atomic E-state index is 0.0541. The second kappa shape index (κ2) is 7.69. The lowest BCUT2D eigenvalue weighted by Crippen LogP contribution is -2.42. The van der Waals surface area contributed by atoms with Gasteiger partial charge in [-0.15, -0.1) is 5.10 Å². The molecular weight excluding hydrogens is 324 g/mol. The first-order valence-electron chi connectivity index (χ1n) is 9.72. The molecule has 1 aromatic heterocycles. The summed E-state index contributed by atoms with van der Waals surface area (Å²) >= 11 is 0. The van der Waals surface area contributed by atoms with Crippen molar-refractivity contribution < 1.29 is 4.79 Å². The van der Waals surface area contributed by atoms with E-state index in [2.05, 4.69) is 70.3 Å². The van der Waals surface area contributed by atoms with Crippen molar-refractivity contribution in [1.82, 2.24) is 20.3 Å². The standard InChI is InChI=1S/C21H40N4O/c1-18(2,3)13-16-15-25(24-23-16)21(9,10)12-11-20(7,8)14-17(26)22-19(4,5)6/h15H,11-14H2,1-10H3,(H,22,26). The number of carbonyl (C=O) groups is 1. The van der Waals surface area contributed by atoms with Crippen molar-refractivity contribution in [3.8, 4) is 0 Å². The van der Waals surface area contributed by atoms with Crippen molar-refractivity contribution in [2.45, 2.75) is 106 Å². The second-order valence-electron chi connectivity index (χ2n) is 11.3. The van der Waals surface area contributed by atoms with Crippen molar-refractivity contribution in [3.63, 3.8) is 0 Å². The molecular formula is C21H40N4O. The Bertz CT molecular complexity index is 600. The fourth-order valence-electron chi connectivity index (χ4n) is 2.96. The number of hydrogen-bond acceptors (Lipinski definition) is 3. The van der Waals surface area contributed by atoms with Crippen molar-refractivity contribution in [2.24, 2.45) is 10.8 Å². The number of aromatic nitrogens is 3. The topological polar surface area (TPSA) is 59.8 Å². The van der Waals surface area contributed by atoms with Gasteiger partial charge in [0.15, 0.2) is 0 Å². The molecule has 5 heteroatoms. The van der Waals surface area contributed by atoms with Gasteiger partial charge in [0.05, 0.1) is 11.2 Å². The Kier molecular flexibility index (Phi) is 6.70. The molecule has 1 N–H and O–H groups in total. The van der Waals surface area contributed by atoms with Gasteiger partial charge in [-0.3, -0.25) is 4.79 Å². The maximum Gasteiger partial charge on any atom is 0.220 e. The van der Waals surface area contributed by atoms with Gasteiger partial charge in [0.2, 0.25) is 5.91 Å². The summed E-state index contributed by atoms with van der Waals surface area (Å²) in [6.45, 7) is 21.4. The molecule has 0 fully saturated rings. The quantitative estimate of drug-likeness (QED) is 0.762. The summed E-state index contributed by atoms with van der Waals surface area (Å²) in [6.07, 6.45) is 5.42. The van der Waals surface area contributed by atoms with Crippen molar-refractivity contribution in [3.05, 3.63) is 11.9 Å². The molecule has 150 valence electrons. The molecule has 0 aromatic carbocycles. The van der Waals surface area contributed by atoms with E-state index in [4.69, 9.17) is 0 Å². The van der Waals surface area contributed by atoms with E-state index < -0.39 is 0 Å². The number of nitrogens with zero attached hydrogens (tertiary/aromatic N) is 3. The lowest BCUT2D eigenvalue weighted by Gasteiger charge is -2.32. The Morgan fingerprint density at radius 1 is 1.00 bits per heavy atom. The molecule has 0 aliphatic carbocycles. The molecule has 0 bridgehead atoms. The summed E-state index contributed by atoms with van der Waals surface area (Å²) in [5, 5.41) is 11.8. The number of hydrogen-bond donors (Lipinski definition) is 1. The third-order valence-corrected chi connectivity index (χ3v) is 4.44. The molecule has 0 unspecified atom stereocenters. The second-order valence-corrected chi connectivity index (χ2v) is 11.3. The highest BCUT2D eigenvalue weighted by atomic mass is 16.1. The SMILES string of the molecule is CC(C)(C)Cc1cn(C(C)(C)CCC(C)(C)CC(=O)NC(C)(C)C)nn1. The molecule has 0 saturated carbocycles. The smallest absolute Gasteiger partial charge is 0.220 e. The predicted octanol–water partition coefficient (Wildman–Crippen LogP) is 4.71. The van der Waals surface area contributed by atoms with Crippen LogP contribution in [0.15, 0.2) is 6.20 Å². The molecule has 0 saturated heterocycles. The maximum atomic E-state index is 12.3. The molecule has 1 aromatic rings. The predicted molar refractivity (Wildman–Crippen MR) is 108 cm³/mol. The summed E-state index contributed by atoms with van der Waals surface area (Å²) < 4.78 is 1.99. The number of rotatable bonds is 7. The van der Waals surface area contributed by atoms with Crippen LogP contribution in [0.1, 0.15) is 94.2 Å². The summed E-state index contributed by atoms with van der Waals surface area (Å²) in [7, 11) is 0. The first-order chi connectivity index (χ1) is 11.5. The lowest BCUT2D eigenvalue weighted by atomic mass is 9.80. The average molecular weight is 365 g/mol. The van der Waals surface area contributed by atoms with E-state index >= 15 is 0 Å². The average Bonchev–Trinajstić information content (AvgIpc) is 2.80. The fourth-order valence-corrected chi connectivity index (χ4v) is 2.96. The van der Waals surface area contributed by atoms with E-state index in [1.165, 1.54) is 0 Å². The number of nitrogens with one attached hydrogen (secondary N) is 1. The highest BCUT2D eigenvalue weighted by Gasteiger charge is 2.29. The summed E-state index contributed by atoms with van der Waals surface area (Å²) in [5.41, 5.74) is 0.876. The van der Waals surface area contributed by atoms with Gasteiger partial charge < -0.3 is 5.32 Å². The Hall–Kier alpha value is -1.39. The van der Waals surface area contributed by atoms with Crippen LogP contribution in [0.5, 0.6) is 0 Å². The summed E-state index contributed by atoms with van der Waals surface area (Å²) in [4.78, 5) is 12.3. The van der Waals surface area contributed by atoms with Gasteiger partial charge in [0.1, 0.15) is 0 Å². The van der Waals surface area contributed by atoms with Gasteiger partial charge in [-0.05, 0) is 64.7 Å². The maximum absolute atomic E-state index is 12.3. The zero-order valence-corrected chi connectivity index (χ0v) is 18.7. The third-order valence-electron chi connectivity index (χ3n) is 4.44. The van der Waals surface area contributed by atoms with Gasteiger partial charge >= 0.3 is 0 Å². The zero-order valence-electron chi connectivity index (χ0n) is 18.7. The monoisotopic (exact) mass is 364 g/mol. The highest BCUT2D eigenvalue weighted by Crippen LogP contribution is 2.33. The van der Waals surface area contributed by atoms with E-state index in [-0.39, 0.29) is 27.8 Å². The van der Waals surface area contributed by atoms with Gasteiger partial charge in [-0.2, -0.15) is 0 Å². The molecule has 0 radical (unpaired) electrons. The Morgan fingerprint density at radius 3 is 2.08 bits per heavy atom. The zero-order chi connectivity index (χ0) is 20.4. The largest absolute Gasteiger partial charge is 0.351 e. The normalized spacial score (nSPS) is 13.8. The van der Waals surface area contributed by atoms with Crippen LogP contribution in [0.3, 0.4) is 0 Å². The molecule has 1 rings (SSSR count). The van der Waals surface area contributed by atoms with Gasteiger partial charge in [-0.25, -0.2) is 4.68 Å². The minimum atomic E-state index is -0.184. The van der Waals surface area contributed by atoms with Crippen LogP contribution in [0.4, 0.5) is 0 Å². The molecule has 1 amide bonds. The van der Waals surface area contributed by atoms with Crippen LogP contribution in [-0.2, 0) is 16.8 Å². The van der Waals surface area contributed by atoms with Crippen LogP contribution >= 0.6 is 0 Å². The van der Waals surface area contributed by atoms with Gasteiger partial charge in [0, 0.05) is 18.2 Å². The van der Waals surface area contributed by atoms with Gasteiger partial charge in [0.25, 0.3) is 0 Å². The van der Waals surface area contributed by atoms with E-state index in [0.29, 0.717) is 6.42 Å². The Labute approximate surface area is 160 Å². The van der Waals surface area contributed by atoms with E-state index in [1.54, 1.807) is 0 Å². The summed E-state index contributed by atoms with van der Waals surface area (Å²) in [6, 6.07) is 0. The molecule has 0 aliphatic heterocycles. The first kappa shape index (κ1) is 22.7. The molecule has 0 atom stereocenters. The van der Waals surface area contributed by atoms with E-state index in [0.717, 1.165) is 25.0 Å². The molecule has 5 nitrogen and oxygen atoms in total. The molecule has 0 spiro atoms. The van der Waals surface area contributed by atoms with E-state index in [1.807, 2.05) is 25.5 Å². The molecule has 0 aliphatic rings. The van der Waals surface area contributed by atoms with Crippen LogP contribution in [0.25, 0.3) is 0 Å². The Morgan fingerprint density at radius 2 is 1.58 bits per heavy atom. The van der Waals surface area contributed by atoms with E-state index in [9.17, 15) is 4.79 Å². The number of carbonyl (C=O) groups excluding carboxylic acids is 1. The fraction of sp³-hybridized carbons (Fsp3) is 0.857.